The SMILES string of the molecule is CCCC1CCCC(CN)(N(C)C)CC1. The summed E-state index contributed by atoms with van der Waals surface area (Å²) in [6.45, 7) is 3.12. The molecule has 1 saturated carbocycles. The molecule has 1 fully saturated rings. The topological polar surface area (TPSA) is 29.3 Å². The van der Waals surface area contributed by atoms with Crippen molar-refractivity contribution in [2.75, 3.05) is 20.6 Å². The van der Waals surface area contributed by atoms with Crippen molar-refractivity contribution in [2.24, 2.45) is 11.7 Å². The fourth-order valence-electron chi connectivity index (χ4n) is 2.99. The van der Waals surface area contributed by atoms with Crippen LogP contribution in [0, 0.1) is 5.92 Å². The zero-order valence-corrected chi connectivity index (χ0v) is 10.8. The van der Waals surface area contributed by atoms with Gasteiger partial charge in [-0.15, -0.1) is 0 Å². The van der Waals surface area contributed by atoms with Crippen molar-refractivity contribution in [1.82, 2.24) is 4.90 Å². The molecule has 1 aliphatic rings. The van der Waals surface area contributed by atoms with E-state index in [1.807, 2.05) is 0 Å². The Labute approximate surface area is 95.2 Å². The molecule has 15 heavy (non-hydrogen) atoms. The monoisotopic (exact) mass is 212 g/mol. The van der Waals surface area contributed by atoms with Gasteiger partial charge in [0.2, 0.25) is 0 Å². The normalized spacial score (nSPS) is 33.0. The molecule has 90 valence electrons. The molecule has 0 bridgehead atoms. The van der Waals surface area contributed by atoms with Gasteiger partial charge in [-0.3, -0.25) is 0 Å². The van der Waals surface area contributed by atoms with Gasteiger partial charge in [-0.25, -0.2) is 0 Å². The summed E-state index contributed by atoms with van der Waals surface area (Å²) in [6.07, 6.45) is 9.49. The highest BCUT2D eigenvalue weighted by Crippen LogP contribution is 2.34. The summed E-state index contributed by atoms with van der Waals surface area (Å²) < 4.78 is 0. The van der Waals surface area contributed by atoms with Gasteiger partial charge in [-0.2, -0.15) is 0 Å². The van der Waals surface area contributed by atoms with Crippen molar-refractivity contribution in [3.05, 3.63) is 0 Å². The Kier molecular flexibility index (Phi) is 5.07. The fraction of sp³-hybridized carbons (Fsp3) is 1.00. The average Bonchev–Trinajstić information content (AvgIpc) is 2.42. The highest BCUT2D eigenvalue weighted by atomic mass is 15.2. The van der Waals surface area contributed by atoms with Crippen LogP contribution in [-0.2, 0) is 0 Å². The van der Waals surface area contributed by atoms with E-state index in [0.717, 1.165) is 12.5 Å². The van der Waals surface area contributed by atoms with Gasteiger partial charge in [0.15, 0.2) is 0 Å². The summed E-state index contributed by atoms with van der Waals surface area (Å²) in [5, 5.41) is 0. The minimum absolute atomic E-state index is 0.294. The van der Waals surface area contributed by atoms with Crippen molar-refractivity contribution >= 4 is 0 Å². The Hall–Kier alpha value is -0.0800. The number of likely N-dealkylation sites (N-methyl/N-ethyl adjacent to an activating group) is 1. The largest absolute Gasteiger partial charge is 0.329 e. The molecular formula is C13H28N2. The van der Waals surface area contributed by atoms with Gasteiger partial charge in [0, 0.05) is 12.1 Å². The minimum atomic E-state index is 0.294. The van der Waals surface area contributed by atoms with Gasteiger partial charge in [-0.05, 0) is 39.3 Å². The summed E-state index contributed by atoms with van der Waals surface area (Å²) in [5.41, 5.74) is 6.28. The van der Waals surface area contributed by atoms with E-state index in [9.17, 15) is 0 Å². The molecule has 0 aliphatic heterocycles. The van der Waals surface area contributed by atoms with E-state index in [1.54, 1.807) is 0 Å². The second-order valence-corrected chi connectivity index (χ2v) is 5.41. The lowest BCUT2D eigenvalue weighted by Gasteiger charge is -2.38. The Morgan fingerprint density at radius 2 is 2.00 bits per heavy atom. The second kappa shape index (κ2) is 5.86. The van der Waals surface area contributed by atoms with Crippen LogP contribution in [0.5, 0.6) is 0 Å². The van der Waals surface area contributed by atoms with Gasteiger partial charge in [0.05, 0.1) is 0 Å². The van der Waals surface area contributed by atoms with E-state index in [0.29, 0.717) is 5.54 Å². The molecule has 2 atom stereocenters. The molecule has 0 aromatic rings. The predicted molar refractivity (Wildman–Crippen MR) is 67.0 cm³/mol. The molecule has 2 N–H and O–H groups in total. The van der Waals surface area contributed by atoms with Crippen molar-refractivity contribution in [3.8, 4) is 0 Å². The van der Waals surface area contributed by atoms with Crippen LogP contribution in [0.1, 0.15) is 51.9 Å². The van der Waals surface area contributed by atoms with Gasteiger partial charge in [0.25, 0.3) is 0 Å². The average molecular weight is 212 g/mol. The first-order valence-electron chi connectivity index (χ1n) is 6.52. The zero-order valence-electron chi connectivity index (χ0n) is 10.8. The summed E-state index contributed by atoms with van der Waals surface area (Å²) >= 11 is 0. The molecular weight excluding hydrogens is 184 g/mol. The summed E-state index contributed by atoms with van der Waals surface area (Å²) in [7, 11) is 4.38. The summed E-state index contributed by atoms with van der Waals surface area (Å²) in [6, 6.07) is 0. The first kappa shape index (κ1) is 13.0. The highest BCUT2D eigenvalue weighted by Gasteiger charge is 2.33. The quantitative estimate of drug-likeness (QED) is 0.726. The van der Waals surface area contributed by atoms with Crippen LogP contribution in [0.2, 0.25) is 0 Å². The minimum Gasteiger partial charge on any atom is -0.329 e. The molecule has 0 radical (unpaired) electrons. The van der Waals surface area contributed by atoms with E-state index >= 15 is 0 Å². The Morgan fingerprint density at radius 1 is 1.27 bits per heavy atom. The molecule has 2 unspecified atom stereocenters. The Morgan fingerprint density at radius 3 is 2.53 bits per heavy atom. The number of hydrogen-bond acceptors (Lipinski definition) is 2. The smallest absolute Gasteiger partial charge is 0.0325 e. The zero-order chi connectivity index (χ0) is 11.3. The highest BCUT2D eigenvalue weighted by molar-refractivity contribution is 4.91. The van der Waals surface area contributed by atoms with Gasteiger partial charge < -0.3 is 10.6 Å². The number of hydrogen-bond donors (Lipinski definition) is 1. The van der Waals surface area contributed by atoms with Crippen LogP contribution in [0.25, 0.3) is 0 Å². The van der Waals surface area contributed by atoms with E-state index in [2.05, 4.69) is 25.9 Å². The Balaban J connectivity index is 2.56. The number of nitrogens with zero attached hydrogens (tertiary/aromatic N) is 1. The van der Waals surface area contributed by atoms with Crippen LogP contribution in [0.4, 0.5) is 0 Å². The molecule has 1 aliphatic carbocycles. The lowest BCUT2D eigenvalue weighted by molar-refractivity contribution is 0.136. The molecule has 0 aromatic carbocycles. The van der Waals surface area contributed by atoms with E-state index in [1.165, 1.54) is 44.9 Å². The number of rotatable bonds is 4. The van der Waals surface area contributed by atoms with Crippen LogP contribution < -0.4 is 5.73 Å². The maximum atomic E-state index is 5.99. The maximum absolute atomic E-state index is 5.99. The third kappa shape index (κ3) is 3.18. The molecule has 0 saturated heterocycles. The third-order valence-electron chi connectivity index (χ3n) is 4.30. The van der Waals surface area contributed by atoms with Gasteiger partial charge >= 0.3 is 0 Å². The van der Waals surface area contributed by atoms with Crippen LogP contribution >= 0.6 is 0 Å². The molecule has 2 nitrogen and oxygen atoms in total. The lowest BCUT2D eigenvalue weighted by Crippen LogP contribution is -2.49. The van der Waals surface area contributed by atoms with E-state index < -0.39 is 0 Å². The molecule has 0 spiro atoms. The van der Waals surface area contributed by atoms with Crippen molar-refractivity contribution in [2.45, 2.75) is 57.4 Å². The molecule has 0 amide bonds. The molecule has 1 rings (SSSR count). The van der Waals surface area contributed by atoms with Gasteiger partial charge in [0.1, 0.15) is 0 Å². The third-order valence-corrected chi connectivity index (χ3v) is 4.30. The lowest BCUT2D eigenvalue weighted by atomic mass is 9.88. The molecule has 0 aromatic heterocycles. The van der Waals surface area contributed by atoms with Crippen molar-refractivity contribution in [3.63, 3.8) is 0 Å². The summed E-state index contributed by atoms with van der Waals surface area (Å²) in [5.74, 6) is 0.961. The van der Waals surface area contributed by atoms with Crippen LogP contribution in [-0.4, -0.2) is 31.1 Å². The van der Waals surface area contributed by atoms with Crippen molar-refractivity contribution < 1.29 is 0 Å². The first-order valence-corrected chi connectivity index (χ1v) is 6.52. The predicted octanol–water partition coefficient (Wildman–Crippen LogP) is 2.63. The number of nitrogens with two attached hydrogens (primary N) is 1. The Bertz CT molecular complexity index is 179. The summed E-state index contributed by atoms with van der Waals surface area (Å²) in [4.78, 5) is 2.36. The van der Waals surface area contributed by atoms with Crippen LogP contribution in [0.15, 0.2) is 0 Å². The molecule has 0 heterocycles. The van der Waals surface area contributed by atoms with E-state index in [4.69, 9.17) is 5.73 Å². The standard InChI is InChI=1S/C13H28N2/c1-4-6-12-7-5-9-13(11-14,10-8-12)15(2)3/h12H,4-11,14H2,1-3H3. The maximum Gasteiger partial charge on any atom is 0.0325 e. The second-order valence-electron chi connectivity index (χ2n) is 5.41. The van der Waals surface area contributed by atoms with Crippen LogP contribution in [0.3, 0.4) is 0 Å². The first-order chi connectivity index (χ1) is 7.14. The van der Waals surface area contributed by atoms with E-state index in [-0.39, 0.29) is 0 Å². The molecule has 2 heteroatoms. The van der Waals surface area contributed by atoms with Gasteiger partial charge in [-0.1, -0.05) is 32.6 Å². The van der Waals surface area contributed by atoms with Crippen molar-refractivity contribution in [1.29, 1.82) is 0 Å². The fourth-order valence-corrected chi connectivity index (χ4v) is 2.99.